The highest BCUT2D eigenvalue weighted by Crippen LogP contribution is 2.17. The van der Waals surface area contributed by atoms with Gasteiger partial charge in [-0.2, -0.15) is 0 Å². The number of carbonyl (C=O) groups is 1. The Morgan fingerprint density at radius 2 is 2.05 bits per heavy atom. The van der Waals surface area contributed by atoms with Gasteiger partial charge in [-0.15, -0.1) is 0 Å². The van der Waals surface area contributed by atoms with Crippen molar-refractivity contribution >= 4 is 5.91 Å². The zero-order chi connectivity index (χ0) is 14.2. The number of amides is 1. The molecule has 0 bridgehead atoms. The fourth-order valence-corrected chi connectivity index (χ4v) is 3.08. The van der Waals surface area contributed by atoms with Gasteiger partial charge in [-0.05, 0) is 64.0 Å². The van der Waals surface area contributed by atoms with Crippen LogP contribution in [0.1, 0.15) is 51.9 Å². The minimum atomic E-state index is 0.191. The van der Waals surface area contributed by atoms with Crippen LogP contribution in [0.4, 0.5) is 0 Å². The zero-order valence-electron chi connectivity index (χ0n) is 12.9. The number of hydrogen-bond acceptors (Lipinski definition) is 3. The molecule has 0 aromatic carbocycles. The van der Waals surface area contributed by atoms with Gasteiger partial charge >= 0.3 is 0 Å². The van der Waals surface area contributed by atoms with Gasteiger partial charge in [0.25, 0.3) is 0 Å². The molecule has 2 heterocycles. The summed E-state index contributed by atoms with van der Waals surface area (Å²) >= 11 is 0. The molecule has 2 fully saturated rings. The van der Waals surface area contributed by atoms with Crippen LogP contribution in [-0.2, 0) is 9.53 Å². The van der Waals surface area contributed by atoms with E-state index in [4.69, 9.17) is 4.74 Å². The number of rotatable bonds is 7. The second kappa shape index (κ2) is 8.63. The average molecular weight is 282 g/mol. The molecule has 20 heavy (non-hydrogen) atoms. The Morgan fingerprint density at radius 3 is 2.75 bits per heavy atom. The lowest BCUT2D eigenvalue weighted by Gasteiger charge is -2.29. The van der Waals surface area contributed by atoms with Gasteiger partial charge in [-0.25, -0.2) is 0 Å². The number of piperidine rings is 1. The SMILES string of the molecule is CC1CCN(CC(=O)NCCCCC2CCCO2)CC1. The topological polar surface area (TPSA) is 41.6 Å². The Balaban J connectivity index is 1.45. The van der Waals surface area contributed by atoms with E-state index in [1.165, 1.54) is 25.7 Å². The van der Waals surface area contributed by atoms with Gasteiger partial charge in [-0.1, -0.05) is 6.92 Å². The van der Waals surface area contributed by atoms with Crippen LogP contribution in [-0.4, -0.2) is 49.7 Å². The van der Waals surface area contributed by atoms with Crippen molar-refractivity contribution in [3.8, 4) is 0 Å². The van der Waals surface area contributed by atoms with E-state index < -0.39 is 0 Å². The van der Waals surface area contributed by atoms with Crippen molar-refractivity contribution in [1.82, 2.24) is 10.2 Å². The maximum absolute atomic E-state index is 11.8. The lowest BCUT2D eigenvalue weighted by Crippen LogP contribution is -2.41. The van der Waals surface area contributed by atoms with Gasteiger partial charge in [0.15, 0.2) is 0 Å². The van der Waals surface area contributed by atoms with Crippen LogP contribution in [0.3, 0.4) is 0 Å². The molecular formula is C16H30N2O2. The average Bonchev–Trinajstić information content (AvgIpc) is 2.94. The molecule has 1 atom stereocenters. The minimum Gasteiger partial charge on any atom is -0.378 e. The molecule has 2 rings (SSSR count). The maximum atomic E-state index is 11.8. The minimum absolute atomic E-state index is 0.191. The Bertz CT molecular complexity index is 282. The van der Waals surface area contributed by atoms with Crippen molar-refractivity contribution in [2.75, 3.05) is 32.8 Å². The fraction of sp³-hybridized carbons (Fsp3) is 0.938. The maximum Gasteiger partial charge on any atom is 0.234 e. The number of carbonyl (C=O) groups excluding carboxylic acids is 1. The van der Waals surface area contributed by atoms with Crippen molar-refractivity contribution in [1.29, 1.82) is 0 Å². The molecule has 0 aromatic rings. The standard InChI is InChI=1S/C16H30N2O2/c1-14-7-10-18(11-8-14)13-16(19)17-9-3-2-5-15-6-4-12-20-15/h14-15H,2-13H2,1H3,(H,17,19). The van der Waals surface area contributed by atoms with Crippen LogP contribution < -0.4 is 5.32 Å². The third-order valence-electron chi connectivity index (χ3n) is 4.54. The first kappa shape index (κ1) is 15.8. The summed E-state index contributed by atoms with van der Waals surface area (Å²) in [6.45, 7) is 6.79. The molecule has 0 aliphatic carbocycles. The van der Waals surface area contributed by atoms with E-state index in [-0.39, 0.29) is 5.91 Å². The highest BCUT2D eigenvalue weighted by molar-refractivity contribution is 5.77. The molecule has 1 amide bonds. The van der Waals surface area contributed by atoms with Crippen LogP contribution in [0.5, 0.6) is 0 Å². The number of likely N-dealkylation sites (tertiary alicyclic amines) is 1. The Labute approximate surface area is 123 Å². The molecule has 2 aliphatic rings. The van der Waals surface area contributed by atoms with Gasteiger partial charge in [0.05, 0.1) is 12.6 Å². The molecule has 0 saturated carbocycles. The lowest BCUT2D eigenvalue weighted by molar-refractivity contribution is -0.122. The Morgan fingerprint density at radius 1 is 1.25 bits per heavy atom. The van der Waals surface area contributed by atoms with Crippen LogP contribution >= 0.6 is 0 Å². The predicted molar refractivity (Wildman–Crippen MR) is 80.7 cm³/mol. The summed E-state index contributed by atoms with van der Waals surface area (Å²) in [7, 11) is 0. The highest BCUT2D eigenvalue weighted by atomic mass is 16.5. The van der Waals surface area contributed by atoms with E-state index in [0.29, 0.717) is 12.6 Å². The van der Waals surface area contributed by atoms with E-state index >= 15 is 0 Å². The van der Waals surface area contributed by atoms with E-state index in [1.807, 2.05) is 0 Å². The van der Waals surface area contributed by atoms with Crippen LogP contribution in [0.2, 0.25) is 0 Å². The second-order valence-electron chi connectivity index (χ2n) is 6.44. The zero-order valence-corrected chi connectivity index (χ0v) is 12.9. The van der Waals surface area contributed by atoms with Gasteiger partial charge < -0.3 is 10.1 Å². The third kappa shape index (κ3) is 5.80. The monoisotopic (exact) mass is 282 g/mol. The summed E-state index contributed by atoms with van der Waals surface area (Å²) < 4.78 is 5.60. The van der Waals surface area contributed by atoms with E-state index in [0.717, 1.165) is 51.4 Å². The molecule has 1 unspecified atom stereocenters. The Hall–Kier alpha value is -0.610. The normalized spacial score (nSPS) is 24.9. The third-order valence-corrected chi connectivity index (χ3v) is 4.54. The van der Waals surface area contributed by atoms with E-state index in [2.05, 4.69) is 17.1 Å². The molecule has 4 heteroatoms. The first-order valence-corrected chi connectivity index (χ1v) is 8.34. The molecule has 0 radical (unpaired) electrons. The summed E-state index contributed by atoms with van der Waals surface area (Å²) in [5.41, 5.74) is 0. The molecule has 0 aromatic heterocycles. The smallest absolute Gasteiger partial charge is 0.234 e. The van der Waals surface area contributed by atoms with Gasteiger partial charge in [0, 0.05) is 13.2 Å². The molecule has 1 N–H and O–H groups in total. The number of nitrogens with zero attached hydrogens (tertiary/aromatic N) is 1. The molecule has 4 nitrogen and oxygen atoms in total. The summed E-state index contributed by atoms with van der Waals surface area (Å²) in [6, 6.07) is 0. The summed E-state index contributed by atoms with van der Waals surface area (Å²) in [4.78, 5) is 14.1. The second-order valence-corrected chi connectivity index (χ2v) is 6.44. The molecule has 2 aliphatic heterocycles. The summed E-state index contributed by atoms with van der Waals surface area (Å²) in [6.07, 6.45) is 8.77. The summed E-state index contributed by atoms with van der Waals surface area (Å²) in [5, 5.41) is 3.05. The first-order valence-electron chi connectivity index (χ1n) is 8.34. The predicted octanol–water partition coefficient (Wildman–Crippen LogP) is 2.18. The van der Waals surface area contributed by atoms with Gasteiger partial charge in [-0.3, -0.25) is 9.69 Å². The molecular weight excluding hydrogens is 252 g/mol. The number of nitrogens with one attached hydrogen (secondary N) is 1. The van der Waals surface area contributed by atoms with Crippen molar-refractivity contribution < 1.29 is 9.53 Å². The highest BCUT2D eigenvalue weighted by Gasteiger charge is 2.18. The molecule has 0 spiro atoms. The van der Waals surface area contributed by atoms with Crippen LogP contribution in [0, 0.1) is 5.92 Å². The fourth-order valence-electron chi connectivity index (χ4n) is 3.08. The number of unbranched alkanes of at least 4 members (excludes halogenated alkanes) is 1. The number of ether oxygens (including phenoxy) is 1. The molecule has 2 saturated heterocycles. The van der Waals surface area contributed by atoms with Gasteiger partial charge in [0.1, 0.15) is 0 Å². The largest absolute Gasteiger partial charge is 0.378 e. The lowest BCUT2D eigenvalue weighted by atomic mass is 9.99. The molecule has 116 valence electrons. The van der Waals surface area contributed by atoms with Crippen LogP contribution in [0.15, 0.2) is 0 Å². The number of hydrogen-bond donors (Lipinski definition) is 1. The van der Waals surface area contributed by atoms with Crippen molar-refractivity contribution in [2.45, 2.75) is 58.0 Å². The van der Waals surface area contributed by atoms with Crippen molar-refractivity contribution in [3.05, 3.63) is 0 Å². The van der Waals surface area contributed by atoms with Crippen molar-refractivity contribution in [2.24, 2.45) is 5.92 Å². The quantitative estimate of drug-likeness (QED) is 0.728. The van der Waals surface area contributed by atoms with Crippen molar-refractivity contribution in [3.63, 3.8) is 0 Å². The van der Waals surface area contributed by atoms with Crippen LogP contribution in [0.25, 0.3) is 0 Å². The van der Waals surface area contributed by atoms with Gasteiger partial charge in [0.2, 0.25) is 5.91 Å². The summed E-state index contributed by atoms with van der Waals surface area (Å²) in [5.74, 6) is 1.02. The Kier molecular flexibility index (Phi) is 6.80. The van der Waals surface area contributed by atoms with E-state index in [1.54, 1.807) is 0 Å². The first-order chi connectivity index (χ1) is 9.74. The van der Waals surface area contributed by atoms with E-state index in [9.17, 15) is 4.79 Å².